The lowest BCUT2D eigenvalue weighted by Gasteiger charge is -2.15. The second kappa shape index (κ2) is 4.90. The third-order valence-electron chi connectivity index (χ3n) is 2.45. The molecule has 18 heavy (non-hydrogen) atoms. The Morgan fingerprint density at radius 1 is 1.33 bits per heavy atom. The smallest absolute Gasteiger partial charge is 0.419 e. The molecular weight excluding hydrogens is 250 g/mol. The summed E-state index contributed by atoms with van der Waals surface area (Å²) in [5.74, 6) is -1.34. The van der Waals surface area contributed by atoms with Crippen LogP contribution in [-0.2, 0) is 4.74 Å². The van der Waals surface area contributed by atoms with Crippen molar-refractivity contribution in [2.75, 3.05) is 6.61 Å². The predicted molar refractivity (Wildman–Crippen MR) is 54.0 cm³/mol. The number of hydrogen-bond acceptors (Lipinski definition) is 8. The summed E-state index contributed by atoms with van der Waals surface area (Å²) < 4.78 is 14.3. The van der Waals surface area contributed by atoms with Gasteiger partial charge in [-0.25, -0.2) is 4.79 Å². The van der Waals surface area contributed by atoms with Crippen molar-refractivity contribution in [2.24, 2.45) is 0 Å². The molecule has 1 aromatic heterocycles. The fourth-order valence-corrected chi connectivity index (χ4v) is 1.51. The molecule has 0 bridgehead atoms. The van der Waals surface area contributed by atoms with Gasteiger partial charge in [0.2, 0.25) is 12.0 Å². The molecule has 0 spiro atoms. The molecule has 0 radical (unpaired) electrons. The minimum atomic E-state index is -1.44. The van der Waals surface area contributed by atoms with Crippen molar-refractivity contribution in [2.45, 2.75) is 24.6 Å². The van der Waals surface area contributed by atoms with Gasteiger partial charge in [0.25, 0.3) is 5.56 Å². The Labute approximate surface area is 99.2 Å². The molecule has 2 rings (SSSR count). The van der Waals surface area contributed by atoms with Crippen LogP contribution in [0.2, 0.25) is 0 Å². The molecule has 0 aromatic carbocycles. The molecule has 0 amide bonds. The minimum Gasteiger partial charge on any atom is -0.453 e. The monoisotopic (exact) mass is 261 g/mol. The molecule has 0 unspecified atom stereocenters. The highest BCUT2D eigenvalue weighted by Gasteiger charge is 2.44. The van der Waals surface area contributed by atoms with Crippen molar-refractivity contribution in [1.82, 2.24) is 4.98 Å². The van der Waals surface area contributed by atoms with E-state index in [1.54, 1.807) is 0 Å². The average Bonchev–Trinajstić information content (AvgIpc) is 2.60. The van der Waals surface area contributed by atoms with Crippen molar-refractivity contribution in [3.05, 3.63) is 27.2 Å². The van der Waals surface area contributed by atoms with Gasteiger partial charge in [-0.1, -0.05) is 0 Å². The van der Waals surface area contributed by atoms with Gasteiger partial charge >= 0.3 is 5.76 Å². The Hall–Kier alpha value is -1.68. The summed E-state index contributed by atoms with van der Waals surface area (Å²) in [7, 11) is 0. The third kappa shape index (κ3) is 2.29. The third-order valence-corrected chi connectivity index (χ3v) is 2.45. The summed E-state index contributed by atoms with van der Waals surface area (Å²) in [5.41, 5.74) is -0.857. The van der Waals surface area contributed by atoms with Gasteiger partial charge in [-0.15, -0.1) is 0 Å². The first kappa shape index (κ1) is 12.8. The van der Waals surface area contributed by atoms with Gasteiger partial charge in [-0.05, 0) is 0 Å². The molecule has 9 heteroatoms. The zero-order valence-corrected chi connectivity index (χ0v) is 8.98. The first-order valence-corrected chi connectivity index (χ1v) is 5.04. The van der Waals surface area contributed by atoms with Crippen molar-refractivity contribution in [3.8, 4) is 5.75 Å². The molecule has 1 aliphatic rings. The maximum Gasteiger partial charge on any atom is 0.419 e. The normalized spacial score (nSPS) is 31.5. The lowest BCUT2D eigenvalue weighted by Crippen LogP contribution is -2.36. The molecule has 1 aliphatic heterocycles. The minimum absolute atomic E-state index is 0.385. The number of aliphatic hydroxyl groups excluding tert-OH is 3. The molecule has 9 nitrogen and oxygen atoms in total. The van der Waals surface area contributed by atoms with Crippen molar-refractivity contribution >= 4 is 0 Å². The Morgan fingerprint density at radius 3 is 2.61 bits per heavy atom. The number of hydrogen-bond donors (Lipinski definition) is 4. The van der Waals surface area contributed by atoms with Crippen molar-refractivity contribution < 1.29 is 29.2 Å². The Bertz CT molecular complexity index is 522. The molecule has 100 valence electrons. The highest BCUT2D eigenvalue weighted by atomic mass is 16.7. The summed E-state index contributed by atoms with van der Waals surface area (Å²) in [6, 6.07) is 0. The van der Waals surface area contributed by atoms with Crippen LogP contribution in [-0.4, -0.2) is 51.5 Å². The Kier molecular flexibility index (Phi) is 3.48. The molecule has 1 fully saturated rings. The van der Waals surface area contributed by atoms with E-state index in [1.807, 2.05) is 4.98 Å². The summed E-state index contributed by atoms with van der Waals surface area (Å²) in [5, 5.41) is 27.8. The molecule has 2 heterocycles. The summed E-state index contributed by atoms with van der Waals surface area (Å²) in [6.45, 7) is -0.516. The first-order chi connectivity index (χ1) is 8.52. The average molecular weight is 261 g/mol. The fourth-order valence-electron chi connectivity index (χ4n) is 1.51. The van der Waals surface area contributed by atoms with E-state index in [4.69, 9.17) is 14.6 Å². The molecule has 0 aliphatic carbocycles. The van der Waals surface area contributed by atoms with E-state index in [0.717, 1.165) is 6.26 Å². The molecule has 1 saturated heterocycles. The second-order valence-electron chi connectivity index (χ2n) is 3.67. The number of H-pyrrole nitrogens is 1. The largest absolute Gasteiger partial charge is 0.453 e. The second-order valence-corrected chi connectivity index (χ2v) is 3.67. The van der Waals surface area contributed by atoms with E-state index >= 15 is 0 Å². The number of nitrogens with one attached hydrogen (secondary N) is 1. The van der Waals surface area contributed by atoms with E-state index in [0.29, 0.717) is 0 Å². The van der Waals surface area contributed by atoms with Crippen LogP contribution < -0.4 is 16.1 Å². The maximum atomic E-state index is 11.3. The predicted octanol–water partition coefficient (Wildman–Crippen LogP) is -2.85. The van der Waals surface area contributed by atoms with Crippen LogP contribution in [0.3, 0.4) is 0 Å². The van der Waals surface area contributed by atoms with Gasteiger partial charge in [0.15, 0.2) is 0 Å². The first-order valence-electron chi connectivity index (χ1n) is 5.04. The van der Waals surface area contributed by atoms with E-state index in [-0.39, 0.29) is 5.75 Å². The summed E-state index contributed by atoms with van der Waals surface area (Å²) in [6.07, 6.45) is -4.37. The van der Waals surface area contributed by atoms with Gasteiger partial charge in [0.1, 0.15) is 24.6 Å². The highest BCUT2D eigenvalue weighted by Crippen LogP contribution is 2.22. The van der Waals surface area contributed by atoms with E-state index < -0.39 is 42.5 Å². The summed E-state index contributed by atoms with van der Waals surface area (Å²) >= 11 is 0. The molecule has 4 atom stereocenters. The Balaban J connectivity index is 2.15. The summed E-state index contributed by atoms with van der Waals surface area (Å²) in [4.78, 5) is 23.8. The van der Waals surface area contributed by atoms with Gasteiger partial charge < -0.3 is 29.2 Å². The molecular formula is C9H11NO8. The van der Waals surface area contributed by atoms with Crippen LogP contribution in [0.1, 0.15) is 0 Å². The number of rotatable bonds is 3. The number of aliphatic hydroxyl groups is 3. The maximum absolute atomic E-state index is 11.3. The quantitative estimate of drug-likeness (QED) is 0.455. The number of ether oxygens (including phenoxy) is 2. The zero-order valence-electron chi connectivity index (χ0n) is 8.98. The zero-order chi connectivity index (χ0) is 13.3. The Morgan fingerprint density at radius 2 is 2.06 bits per heavy atom. The number of aromatic amines is 1. The molecule has 1 aromatic rings. The van der Waals surface area contributed by atoms with E-state index in [2.05, 4.69) is 4.42 Å². The van der Waals surface area contributed by atoms with Gasteiger partial charge in [0.05, 0.1) is 6.61 Å². The topological polar surface area (TPSA) is 142 Å². The van der Waals surface area contributed by atoms with Crippen LogP contribution in [0.4, 0.5) is 0 Å². The molecule has 0 saturated carbocycles. The van der Waals surface area contributed by atoms with Crippen LogP contribution in [0, 0.1) is 0 Å². The van der Waals surface area contributed by atoms with E-state index in [9.17, 15) is 19.8 Å². The van der Waals surface area contributed by atoms with Gasteiger partial charge in [-0.3, -0.25) is 9.78 Å². The standard InChI is InChI=1S/C9H11NO8/c11-1-3-5(12)6(13)8(17-3)18-4-2-16-9(15)10-7(4)14/h2-3,5-6,8,11-13H,1H2,(H,10,14,15)/t3-,5-,6-,8+/m1/s1. The van der Waals surface area contributed by atoms with Gasteiger partial charge in [0, 0.05) is 0 Å². The molecule has 4 N–H and O–H groups in total. The SMILES string of the molecule is O=c1[nH]c(=O)c(O[C@@H]2O[C@H](CO)[C@@H](O)[C@H]2O)co1. The van der Waals surface area contributed by atoms with Crippen molar-refractivity contribution in [3.63, 3.8) is 0 Å². The lowest BCUT2D eigenvalue weighted by atomic mass is 10.1. The number of aromatic nitrogens is 1. The van der Waals surface area contributed by atoms with Crippen LogP contribution >= 0.6 is 0 Å². The van der Waals surface area contributed by atoms with Crippen LogP contribution in [0.5, 0.6) is 5.75 Å². The van der Waals surface area contributed by atoms with Gasteiger partial charge in [-0.2, -0.15) is 0 Å². The fraction of sp³-hybridized carbons (Fsp3) is 0.556. The highest BCUT2D eigenvalue weighted by molar-refractivity contribution is 5.10. The lowest BCUT2D eigenvalue weighted by molar-refractivity contribution is -0.117. The van der Waals surface area contributed by atoms with E-state index in [1.165, 1.54) is 0 Å². The van der Waals surface area contributed by atoms with Crippen molar-refractivity contribution in [1.29, 1.82) is 0 Å². The van der Waals surface area contributed by atoms with Crippen LogP contribution in [0.25, 0.3) is 0 Å². The van der Waals surface area contributed by atoms with Crippen LogP contribution in [0.15, 0.2) is 20.3 Å².